The topological polar surface area (TPSA) is 83.9 Å². The highest BCUT2D eigenvalue weighted by atomic mass is 16.6. The zero-order valence-corrected chi connectivity index (χ0v) is 17.4. The average Bonchev–Trinajstić information content (AvgIpc) is 3.01. The SMILES string of the molecule is CC(C)(C)OC(=O)NC1CCN(CC2CN3C(=O)CCc4ccc(=O)n2c43)CC1. The molecule has 1 fully saturated rings. The summed E-state index contributed by atoms with van der Waals surface area (Å²) < 4.78 is 7.16. The highest BCUT2D eigenvalue weighted by Gasteiger charge is 2.38. The third kappa shape index (κ3) is 4.17. The van der Waals surface area contributed by atoms with Gasteiger partial charge in [-0.2, -0.15) is 0 Å². The molecule has 158 valence electrons. The average molecular weight is 402 g/mol. The molecule has 1 saturated heterocycles. The Morgan fingerprint density at radius 2 is 1.90 bits per heavy atom. The van der Waals surface area contributed by atoms with Crippen LogP contribution in [-0.4, -0.2) is 59.3 Å². The fraction of sp³-hybridized carbons (Fsp3) is 0.667. The Labute approximate surface area is 170 Å². The van der Waals surface area contributed by atoms with Crippen LogP contribution in [0, 0.1) is 0 Å². The molecule has 1 aromatic rings. The highest BCUT2D eigenvalue weighted by Crippen LogP contribution is 2.35. The standard InChI is InChI=1S/C21H30N4O4/c1-21(2,3)29-20(28)22-15-8-10-23(11-9-15)12-16-13-24-17(26)6-4-14-5-7-18(27)25(16)19(14)24/h5,7,15-16H,4,6,8-13H2,1-3H3,(H,22,28). The molecular weight excluding hydrogens is 372 g/mol. The summed E-state index contributed by atoms with van der Waals surface area (Å²) in [4.78, 5) is 41.0. The number of amides is 2. The van der Waals surface area contributed by atoms with Crippen molar-refractivity contribution in [1.82, 2.24) is 14.8 Å². The van der Waals surface area contributed by atoms with E-state index in [1.807, 2.05) is 31.4 Å². The molecule has 2 amide bonds. The van der Waals surface area contributed by atoms with Crippen LogP contribution in [0.25, 0.3) is 0 Å². The fourth-order valence-corrected chi connectivity index (χ4v) is 4.58. The van der Waals surface area contributed by atoms with E-state index in [4.69, 9.17) is 4.74 Å². The van der Waals surface area contributed by atoms with Crippen molar-refractivity contribution in [1.29, 1.82) is 0 Å². The van der Waals surface area contributed by atoms with Gasteiger partial charge in [0.05, 0.1) is 6.04 Å². The molecule has 0 saturated carbocycles. The van der Waals surface area contributed by atoms with Gasteiger partial charge in [0.25, 0.3) is 5.56 Å². The van der Waals surface area contributed by atoms with Crippen LogP contribution >= 0.6 is 0 Å². The summed E-state index contributed by atoms with van der Waals surface area (Å²) in [6.07, 6.45) is 2.54. The van der Waals surface area contributed by atoms with Crippen LogP contribution in [0.3, 0.4) is 0 Å². The molecule has 1 atom stereocenters. The van der Waals surface area contributed by atoms with Gasteiger partial charge in [0.15, 0.2) is 0 Å². The maximum Gasteiger partial charge on any atom is 0.407 e. The first-order valence-corrected chi connectivity index (χ1v) is 10.5. The molecule has 29 heavy (non-hydrogen) atoms. The molecule has 0 aliphatic carbocycles. The summed E-state index contributed by atoms with van der Waals surface area (Å²) >= 11 is 0. The third-order valence-electron chi connectivity index (χ3n) is 5.88. The molecule has 1 unspecified atom stereocenters. The lowest BCUT2D eigenvalue weighted by atomic mass is 10.0. The summed E-state index contributed by atoms with van der Waals surface area (Å²) in [5.74, 6) is 0.917. The Bertz CT molecular complexity index is 864. The van der Waals surface area contributed by atoms with Crippen LogP contribution in [0.1, 0.15) is 51.6 Å². The van der Waals surface area contributed by atoms with E-state index in [1.165, 1.54) is 0 Å². The number of likely N-dealkylation sites (tertiary alicyclic amines) is 1. The lowest BCUT2D eigenvalue weighted by Crippen LogP contribution is -2.47. The number of aromatic nitrogens is 1. The van der Waals surface area contributed by atoms with Crippen LogP contribution in [-0.2, 0) is 16.0 Å². The van der Waals surface area contributed by atoms with Gasteiger partial charge >= 0.3 is 6.09 Å². The second kappa shape index (κ2) is 7.48. The first-order chi connectivity index (χ1) is 13.7. The maximum absolute atomic E-state index is 12.5. The summed E-state index contributed by atoms with van der Waals surface area (Å²) in [7, 11) is 0. The van der Waals surface area contributed by atoms with Crippen LogP contribution in [0.4, 0.5) is 10.6 Å². The number of nitrogens with one attached hydrogen (secondary N) is 1. The van der Waals surface area contributed by atoms with Crippen molar-refractivity contribution >= 4 is 17.8 Å². The maximum atomic E-state index is 12.5. The number of alkyl carbamates (subject to hydrolysis) is 1. The molecule has 1 N–H and O–H groups in total. The second-order valence-corrected chi connectivity index (χ2v) is 9.27. The number of carbonyl (C=O) groups excluding carboxylic acids is 2. The van der Waals surface area contributed by atoms with Gasteiger partial charge in [0.2, 0.25) is 5.91 Å². The number of pyridine rings is 1. The first kappa shape index (κ1) is 19.9. The van der Waals surface area contributed by atoms with Crippen molar-refractivity contribution in [2.75, 3.05) is 31.1 Å². The summed E-state index contributed by atoms with van der Waals surface area (Å²) in [6, 6.07) is 3.58. The van der Waals surface area contributed by atoms with E-state index in [1.54, 1.807) is 11.0 Å². The lowest BCUT2D eigenvalue weighted by Gasteiger charge is -2.34. The number of rotatable bonds is 3. The normalized spacial score (nSPS) is 22.5. The summed E-state index contributed by atoms with van der Waals surface area (Å²) in [5.41, 5.74) is 0.555. The Morgan fingerprint density at radius 3 is 2.59 bits per heavy atom. The van der Waals surface area contributed by atoms with Crippen molar-refractivity contribution in [2.24, 2.45) is 0 Å². The highest BCUT2D eigenvalue weighted by molar-refractivity contribution is 5.96. The quantitative estimate of drug-likeness (QED) is 0.832. The number of piperidine rings is 1. The van der Waals surface area contributed by atoms with Gasteiger partial charge in [-0.1, -0.05) is 0 Å². The Hall–Kier alpha value is -2.35. The molecule has 4 heterocycles. The van der Waals surface area contributed by atoms with Crippen LogP contribution in [0.2, 0.25) is 0 Å². The van der Waals surface area contributed by atoms with E-state index in [0.29, 0.717) is 19.4 Å². The third-order valence-corrected chi connectivity index (χ3v) is 5.88. The van der Waals surface area contributed by atoms with Crippen LogP contribution in [0.15, 0.2) is 16.9 Å². The molecule has 0 radical (unpaired) electrons. The van der Waals surface area contributed by atoms with Gasteiger partial charge < -0.3 is 15.0 Å². The van der Waals surface area contributed by atoms with Gasteiger partial charge in [-0.3, -0.25) is 19.1 Å². The number of aryl methyl sites for hydroxylation is 1. The van der Waals surface area contributed by atoms with Crippen molar-refractivity contribution in [3.8, 4) is 0 Å². The van der Waals surface area contributed by atoms with Crippen molar-refractivity contribution < 1.29 is 14.3 Å². The molecule has 1 aromatic heterocycles. The molecule has 4 rings (SSSR count). The lowest BCUT2D eigenvalue weighted by molar-refractivity contribution is -0.118. The van der Waals surface area contributed by atoms with Crippen molar-refractivity contribution in [3.63, 3.8) is 0 Å². The van der Waals surface area contributed by atoms with E-state index in [0.717, 1.165) is 43.9 Å². The van der Waals surface area contributed by atoms with E-state index < -0.39 is 5.60 Å². The first-order valence-electron chi connectivity index (χ1n) is 10.5. The zero-order valence-electron chi connectivity index (χ0n) is 17.4. The zero-order chi connectivity index (χ0) is 20.8. The largest absolute Gasteiger partial charge is 0.444 e. The van der Waals surface area contributed by atoms with Crippen LogP contribution in [0.5, 0.6) is 0 Å². The van der Waals surface area contributed by atoms with E-state index in [2.05, 4.69) is 10.2 Å². The van der Waals surface area contributed by atoms with Gasteiger partial charge in [-0.15, -0.1) is 0 Å². The van der Waals surface area contributed by atoms with E-state index in [9.17, 15) is 14.4 Å². The van der Waals surface area contributed by atoms with E-state index in [-0.39, 0.29) is 29.6 Å². The molecule has 8 heteroatoms. The fourth-order valence-electron chi connectivity index (χ4n) is 4.58. The molecule has 0 bridgehead atoms. The van der Waals surface area contributed by atoms with E-state index >= 15 is 0 Å². The minimum Gasteiger partial charge on any atom is -0.444 e. The number of carbonyl (C=O) groups is 2. The van der Waals surface area contributed by atoms with Gasteiger partial charge in [0.1, 0.15) is 11.4 Å². The van der Waals surface area contributed by atoms with Gasteiger partial charge in [-0.05, 0) is 51.7 Å². The minimum atomic E-state index is -0.500. The van der Waals surface area contributed by atoms with Gasteiger partial charge in [-0.25, -0.2) is 4.79 Å². The van der Waals surface area contributed by atoms with Gasteiger partial charge in [0, 0.05) is 44.7 Å². The molecular formula is C21H30N4O4. The van der Waals surface area contributed by atoms with Crippen molar-refractivity contribution in [3.05, 3.63) is 28.0 Å². The minimum absolute atomic E-state index is 0.0186. The number of anilines is 1. The summed E-state index contributed by atoms with van der Waals surface area (Å²) in [5, 5.41) is 2.96. The Morgan fingerprint density at radius 1 is 1.17 bits per heavy atom. The Kier molecular flexibility index (Phi) is 5.14. The predicted octanol–water partition coefficient (Wildman–Crippen LogP) is 1.67. The molecule has 3 aliphatic rings. The predicted molar refractivity (Wildman–Crippen MR) is 109 cm³/mol. The van der Waals surface area contributed by atoms with Crippen LogP contribution < -0.4 is 15.8 Å². The number of ether oxygens (including phenoxy) is 1. The molecule has 0 spiro atoms. The number of nitrogens with zero attached hydrogens (tertiary/aromatic N) is 3. The smallest absolute Gasteiger partial charge is 0.407 e. The molecule has 0 aromatic carbocycles. The molecule has 3 aliphatic heterocycles. The molecule has 8 nitrogen and oxygen atoms in total. The second-order valence-electron chi connectivity index (χ2n) is 9.27. The Balaban J connectivity index is 1.37. The number of hydrogen-bond acceptors (Lipinski definition) is 5. The number of hydrogen-bond donors (Lipinski definition) is 1. The summed E-state index contributed by atoms with van der Waals surface area (Å²) in [6.45, 7) is 8.55. The van der Waals surface area contributed by atoms with Crippen molar-refractivity contribution in [2.45, 2.75) is 64.1 Å². The monoisotopic (exact) mass is 402 g/mol.